The molecule has 1 fully saturated rings. The number of benzene rings is 2. The van der Waals surface area contributed by atoms with E-state index < -0.39 is 0 Å². The Bertz CT molecular complexity index is 824. The number of nitrogens with one attached hydrogen (secondary N) is 1. The summed E-state index contributed by atoms with van der Waals surface area (Å²) in [6.45, 7) is 7.64. The third kappa shape index (κ3) is 6.73. The first-order valence-corrected chi connectivity index (χ1v) is 9.95. The van der Waals surface area contributed by atoms with Crippen LogP contribution in [-0.2, 0) is 13.1 Å². The minimum absolute atomic E-state index is 0. The van der Waals surface area contributed by atoms with Crippen molar-refractivity contribution < 1.29 is 14.2 Å². The SMILES string of the molecule is CCNC(=NCc1ccc(O)cc1)N1CCN(Cc2ccc(OC)c(F)c2)CC1.I. The van der Waals surface area contributed by atoms with Crippen molar-refractivity contribution in [2.45, 2.75) is 20.0 Å². The van der Waals surface area contributed by atoms with E-state index in [4.69, 9.17) is 9.73 Å². The fourth-order valence-electron chi connectivity index (χ4n) is 3.38. The molecule has 0 aliphatic carbocycles. The van der Waals surface area contributed by atoms with Crippen LogP contribution in [0.3, 0.4) is 0 Å². The van der Waals surface area contributed by atoms with E-state index in [1.165, 1.54) is 7.11 Å². The summed E-state index contributed by atoms with van der Waals surface area (Å²) in [5.74, 6) is 1.12. The van der Waals surface area contributed by atoms with Crippen molar-refractivity contribution in [2.24, 2.45) is 4.99 Å². The maximum Gasteiger partial charge on any atom is 0.194 e. The summed E-state index contributed by atoms with van der Waals surface area (Å²) in [7, 11) is 1.47. The second-order valence-electron chi connectivity index (χ2n) is 7.07. The van der Waals surface area contributed by atoms with Crippen LogP contribution in [0, 0.1) is 5.82 Å². The first kappa shape index (κ1) is 24.2. The third-order valence-corrected chi connectivity index (χ3v) is 4.98. The largest absolute Gasteiger partial charge is 0.508 e. The standard InChI is InChI=1S/C22H29FN4O2.HI/c1-3-24-22(25-15-17-4-7-19(28)8-5-17)27-12-10-26(11-13-27)16-18-6-9-21(29-2)20(23)14-18;/h4-9,14,28H,3,10-13,15-16H2,1-2H3,(H,24,25);1H. The van der Waals surface area contributed by atoms with Gasteiger partial charge in [0.05, 0.1) is 13.7 Å². The van der Waals surface area contributed by atoms with Crippen LogP contribution in [0.5, 0.6) is 11.5 Å². The first-order valence-electron chi connectivity index (χ1n) is 9.95. The molecule has 2 N–H and O–H groups in total. The molecular formula is C22H30FIN4O2. The Morgan fingerprint density at radius 3 is 2.37 bits per heavy atom. The predicted molar refractivity (Wildman–Crippen MR) is 128 cm³/mol. The lowest BCUT2D eigenvalue weighted by Crippen LogP contribution is -2.52. The molecule has 0 amide bonds. The topological polar surface area (TPSA) is 60.3 Å². The van der Waals surface area contributed by atoms with Gasteiger partial charge in [-0.15, -0.1) is 24.0 Å². The summed E-state index contributed by atoms with van der Waals surface area (Å²) in [5.41, 5.74) is 2.00. The summed E-state index contributed by atoms with van der Waals surface area (Å²) >= 11 is 0. The number of phenolic OH excluding ortho intramolecular Hbond substituents is 1. The fourth-order valence-corrected chi connectivity index (χ4v) is 3.38. The zero-order valence-corrected chi connectivity index (χ0v) is 19.8. The second-order valence-corrected chi connectivity index (χ2v) is 7.07. The summed E-state index contributed by atoms with van der Waals surface area (Å²) in [4.78, 5) is 9.32. The highest BCUT2D eigenvalue weighted by atomic mass is 127. The minimum atomic E-state index is -0.320. The van der Waals surface area contributed by atoms with Gasteiger partial charge in [0, 0.05) is 39.3 Å². The zero-order chi connectivity index (χ0) is 20.6. The van der Waals surface area contributed by atoms with E-state index >= 15 is 0 Å². The first-order chi connectivity index (χ1) is 14.1. The normalized spacial score (nSPS) is 14.9. The van der Waals surface area contributed by atoms with E-state index in [0.29, 0.717) is 6.54 Å². The lowest BCUT2D eigenvalue weighted by Gasteiger charge is -2.36. The van der Waals surface area contributed by atoms with Crippen LogP contribution in [0.15, 0.2) is 47.5 Å². The molecule has 0 saturated carbocycles. The van der Waals surface area contributed by atoms with Gasteiger partial charge in [-0.05, 0) is 42.3 Å². The lowest BCUT2D eigenvalue weighted by atomic mass is 10.2. The third-order valence-electron chi connectivity index (χ3n) is 4.98. The Balaban J connectivity index is 0.00000320. The van der Waals surface area contributed by atoms with E-state index in [0.717, 1.165) is 56.4 Å². The van der Waals surface area contributed by atoms with Gasteiger partial charge < -0.3 is 20.1 Å². The molecule has 1 aliphatic rings. The Morgan fingerprint density at radius 1 is 1.10 bits per heavy atom. The van der Waals surface area contributed by atoms with Crippen molar-refractivity contribution in [1.82, 2.24) is 15.1 Å². The number of rotatable bonds is 6. The number of hydrogen-bond acceptors (Lipinski definition) is 4. The molecule has 164 valence electrons. The van der Waals surface area contributed by atoms with Crippen LogP contribution in [0.1, 0.15) is 18.1 Å². The van der Waals surface area contributed by atoms with Crippen molar-refractivity contribution in [3.05, 3.63) is 59.4 Å². The van der Waals surface area contributed by atoms with Crippen molar-refractivity contribution in [3.63, 3.8) is 0 Å². The van der Waals surface area contributed by atoms with Crippen molar-refractivity contribution in [3.8, 4) is 11.5 Å². The molecule has 0 aromatic heterocycles. The van der Waals surface area contributed by atoms with Gasteiger partial charge in [0.1, 0.15) is 5.75 Å². The van der Waals surface area contributed by atoms with Crippen LogP contribution in [0.25, 0.3) is 0 Å². The van der Waals surface area contributed by atoms with Gasteiger partial charge in [0.15, 0.2) is 17.5 Å². The Labute approximate surface area is 194 Å². The summed E-state index contributed by atoms with van der Waals surface area (Å²) in [6.07, 6.45) is 0. The second kappa shape index (κ2) is 11.9. The highest BCUT2D eigenvalue weighted by molar-refractivity contribution is 14.0. The Kier molecular flexibility index (Phi) is 9.64. The molecule has 1 aliphatic heterocycles. The van der Waals surface area contributed by atoms with E-state index in [-0.39, 0.29) is 41.3 Å². The van der Waals surface area contributed by atoms with Crippen LogP contribution in [-0.4, -0.2) is 60.7 Å². The van der Waals surface area contributed by atoms with E-state index in [2.05, 4.69) is 22.0 Å². The molecule has 3 rings (SSSR count). The van der Waals surface area contributed by atoms with E-state index in [1.807, 2.05) is 18.2 Å². The molecule has 0 unspecified atom stereocenters. The van der Waals surface area contributed by atoms with Crippen molar-refractivity contribution in [1.29, 1.82) is 0 Å². The highest BCUT2D eigenvalue weighted by Crippen LogP contribution is 2.19. The minimum Gasteiger partial charge on any atom is -0.508 e. The number of piperazine rings is 1. The van der Waals surface area contributed by atoms with Crippen LogP contribution in [0.2, 0.25) is 0 Å². The Morgan fingerprint density at radius 2 is 1.77 bits per heavy atom. The fraction of sp³-hybridized carbons (Fsp3) is 0.409. The number of phenols is 1. The van der Waals surface area contributed by atoms with E-state index in [1.54, 1.807) is 24.3 Å². The number of halogens is 2. The summed E-state index contributed by atoms with van der Waals surface area (Å²) in [6, 6.07) is 12.3. The summed E-state index contributed by atoms with van der Waals surface area (Å²) < 4.78 is 18.9. The van der Waals surface area contributed by atoms with Crippen LogP contribution < -0.4 is 10.1 Å². The molecule has 1 heterocycles. The molecular weight excluding hydrogens is 498 g/mol. The number of aliphatic imine (C=N–C) groups is 1. The van der Waals surface area contributed by atoms with Crippen LogP contribution in [0.4, 0.5) is 4.39 Å². The molecule has 2 aromatic rings. The maximum atomic E-state index is 13.9. The molecule has 8 heteroatoms. The molecule has 0 bridgehead atoms. The number of guanidine groups is 1. The smallest absolute Gasteiger partial charge is 0.194 e. The van der Waals surface area contributed by atoms with E-state index in [9.17, 15) is 9.50 Å². The predicted octanol–water partition coefficient (Wildman–Crippen LogP) is 3.44. The lowest BCUT2D eigenvalue weighted by molar-refractivity contribution is 0.172. The monoisotopic (exact) mass is 528 g/mol. The van der Waals surface area contributed by atoms with Gasteiger partial charge in [-0.3, -0.25) is 4.90 Å². The van der Waals surface area contributed by atoms with Crippen molar-refractivity contribution >= 4 is 29.9 Å². The van der Waals surface area contributed by atoms with Gasteiger partial charge in [0.25, 0.3) is 0 Å². The zero-order valence-electron chi connectivity index (χ0n) is 17.5. The van der Waals surface area contributed by atoms with Gasteiger partial charge in [-0.2, -0.15) is 0 Å². The molecule has 0 atom stereocenters. The molecule has 1 saturated heterocycles. The Hall–Kier alpha value is -2.07. The number of methoxy groups -OCH3 is 1. The van der Waals surface area contributed by atoms with Gasteiger partial charge >= 0.3 is 0 Å². The number of ether oxygens (including phenoxy) is 1. The number of hydrogen-bond donors (Lipinski definition) is 2. The van der Waals surface area contributed by atoms with Gasteiger partial charge in [-0.1, -0.05) is 18.2 Å². The quantitative estimate of drug-likeness (QED) is 0.342. The van der Waals surface area contributed by atoms with Gasteiger partial charge in [-0.25, -0.2) is 9.38 Å². The van der Waals surface area contributed by atoms with Crippen LogP contribution >= 0.6 is 24.0 Å². The molecule has 6 nitrogen and oxygen atoms in total. The molecule has 2 aromatic carbocycles. The number of nitrogens with zero attached hydrogens (tertiary/aromatic N) is 3. The summed E-state index contributed by atoms with van der Waals surface area (Å²) in [5, 5.41) is 12.8. The van der Waals surface area contributed by atoms with Gasteiger partial charge in [0.2, 0.25) is 0 Å². The molecule has 0 radical (unpaired) electrons. The maximum absolute atomic E-state index is 13.9. The highest BCUT2D eigenvalue weighted by Gasteiger charge is 2.20. The average Bonchev–Trinajstić information content (AvgIpc) is 2.73. The van der Waals surface area contributed by atoms with Crippen molar-refractivity contribution in [2.75, 3.05) is 39.8 Å². The molecule has 30 heavy (non-hydrogen) atoms. The molecule has 0 spiro atoms. The number of aromatic hydroxyl groups is 1. The average molecular weight is 528 g/mol.